The van der Waals surface area contributed by atoms with Crippen LogP contribution in [0.3, 0.4) is 0 Å². The van der Waals surface area contributed by atoms with Crippen LogP contribution < -0.4 is 16.0 Å². The second-order valence-electron chi connectivity index (χ2n) is 7.85. The predicted octanol–water partition coefficient (Wildman–Crippen LogP) is 4.45. The van der Waals surface area contributed by atoms with Crippen molar-refractivity contribution in [3.05, 3.63) is 95.8 Å². The molecule has 9 heteroatoms. The largest absolute Gasteiger partial charge is 0.507 e. The summed E-state index contributed by atoms with van der Waals surface area (Å²) in [7, 11) is 1.62. The lowest BCUT2D eigenvalue weighted by molar-refractivity contribution is 0.0954. The van der Waals surface area contributed by atoms with Gasteiger partial charge in [0, 0.05) is 43.3 Å². The van der Waals surface area contributed by atoms with E-state index in [0.717, 1.165) is 11.6 Å². The van der Waals surface area contributed by atoms with Gasteiger partial charge >= 0.3 is 0 Å². The molecule has 7 nitrogen and oxygen atoms in total. The number of phenolic OH excluding ortho intramolecular Hbond substituents is 1. The summed E-state index contributed by atoms with van der Waals surface area (Å²) in [4.78, 5) is 22.3. The molecular formula is C26H23F2N5O2. The number of carbonyl (C=O) groups is 1. The molecule has 178 valence electrons. The molecule has 35 heavy (non-hydrogen) atoms. The second-order valence-corrected chi connectivity index (χ2v) is 7.85. The van der Waals surface area contributed by atoms with Gasteiger partial charge in [-0.15, -0.1) is 0 Å². The first-order chi connectivity index (χ1) is 16.8. The minimum Gasteiger partial charge on any atom is -0.507 e. The number of anilines is 3. The van der Waals surface area contributed by atoms with E-state index >= 15 is 0 Å². The lowest BCUT2D eigenvalue weighted by Crippen LogP contribution is -2.26. The Hall–Kier alpha value is -4.53. The minimum absolute atomic E-state index is 0.00616. The summed E-state index contributed by atoms with van der Waals surface area (Å²) in [6.45, 7) is 0.416. The van der Waals surface area contributed by atoms with E-state index in [9.17, 15) is 18.7 Å². The van der Waals surface area contributed by atoms with E-state index in [2.05, 4.69) is 15.3 Å². The molecule has 0 spiro atoms. The number of aromatic hydroxyl groups is 1. The molecule has 0 radical (unpaired) electrons. The van der Waals surface area contributed by atoms with Gasteiger partial charge in [-0.3, -0.25) is 9.78 Å². The zero-order chi connectivity index (χ0) is 24.9. The van der Waals surface area contributed by atoms with Crippen molar-refractivity contribution >= 4 is 23.1 Å². The number of hydrogen-bond donors (Lipinski definition) is 3. The summed E-state index contributed by atoms with van der Waals surface area (Å²) in [5, 5.41) is 13.2. The number of nitrogen functional groups attached to an aromatic ring is 1. The number of amides is 1. The average molecular weight is 475 g/mol. The summed E-state index contributed by atoms with van der Waals surface area (Å²) in [6.07, 6.45) is 4.02. The molecule has 0 aliphatic carbocycles. The van der Waals surface area contributed by atoms with Crippen molar-refractivity contribution in [2.75, 3.05) is 24.2 Å². The first-order valence-corrected chi connectivity index (χ1v) is 10.8. The smallest absolute Gasteiger partial charge is 0.255 e. The number of halogens is 2. The number of nitrogens with one attached hydrogen (secondary N) is 1. The summed E-state index contributed by atoms with van der Waals surface area (Å²) in [6, 6.07) is 14.8. The molecule has 2 heterocycles. The highest BCUT2D eigenvalue weighted by Crippen LogP contribution is 2.35. The Labute approximate surface area is 200 Å². The Morgan fingerprint density at radius 1 is 1.06 bits per heavy atom. The number of carbonyl (C=O) groups excluding carboxylic acids is 1. The number of nitrogens with zero attached hydrogens (tertiary/aromatic N) is 3. The fourth-order valence-corrected chi connectivity index (χ4v) is 3.61. The SMILES string of the molecule is CN(c1ccc(O)c(-c2ccc(C(=O)NCCc3ccncc3)c(N)n2)c1)c1ccc(F)cc1F. The van der Waals surface area contributed by atoms with Gasteiger partial charge in [0.05, 0.1) is 16.9 Å². The van der Waals surface area contributed by atoms with Crippen LogP contribution in [0.15, 0.2) is 73.1 Å². The van der Waals surface area contributed by atoms with Crippen LogP contribution in [0.1, 0.15) is 15.9 Å². The van der Waals surface area contributed by atoms with E-state index in [4.69, 9.17) is 5.73 Å². The topological polar surface area (TPSA) is 104 Å². The molecule has 0 saturated heterocycles. The molecule has 0 fully saturated rings. The Balaban J connectivity index is 1.53. The summed E-state index contributed by atoms with van der Waals surface area (Å²) < 4.78 is 27.5. The molecule has 0 unspecified atom stereocenters. The van der Waals surface area contributed by atoms with Gasteiger partial charge < -0.3 is 21.1 Å². The molecule has 4 N–H and O–H groups in total. The monoisotopic (exact) mass is 475 g/mol. The van der Waals surface area contributed by atoms with Crippen LogP contribution >= 0.6 is 0 Å². The zero-order valence-electron chi connectivity index (χ0n) is 18.9. The van der Waals surface area contributed by atoms with Crippen molar-refractivity contribution in [1.29, 1.82) is 0 Å². The highest BCUT2D eigenvalue weighted by molar-refractivity contribution is 5.98. The second kappa shape index (κ2) is 10.2. The summed E-state index contributed by atoms with van der Waals surface area (Å²) >= 11 is 0. The molecule has 0 bridgehead atoms. The molecule has 1 amide bonds. The van der Waals surface area contributed by atoms with Gasteiger partial charge in [0.15, 0.2) is 0 Å². The highest BCUT2D eigenvalue weighted by atomic mass is 19.1. The van der Waals surface area contributed by atoms with Crippen LogP contribution in [0.2, 0.25) is 0 Å². The number of pyridine rings is 2. The number of phenols is 1. The van der Waals surface area contributed by atoms with Gasteiger partial charge in [-0.1, -0.05) is 0 Å². The van der Waals surface area contributed by atoms with E-state index in [1.165, 1.54) is 29.2 Å². The maximum absolute atomic E-state index is 14.2. The molecule has 0 aliphatic rings. The van der Waals surface area contributed by atoms with E-state index in [1.807, 2.05) is 12.1 Å². The molecule has 0 saturated carbocycles. The number of hydrogen-bond acceptors (Lipinski definition) is 6. The minimum atomic E-state index is -0.719. The maximum Gasteiger partial charge on any atom is 0.255 e. The van der Waals surface area contributed by atoms with Crippen molar-refractivity contribution in [3.8, 4) is 17.0 Å². The average Bonchev–Trinajstić information content (AvgIpc) is 2.84. The fraction of sp³-hybridized carbons (Fsp3) is 0.115. The predicted molar refractivity (Wildman–Crippen MR) is 130 cm³/mol. The molecule has 2 aromatic carbocycles. The highest BCUT2D eigenvalue weighted by Gasteiger charge is 2.16. The maximum atomic E-state index is 14.2. The number of aromatic nitrogens is 2. The van der Waals surface area contributed by atoms with Crippen LogP contribution in [0.5, 0.6) is 5.75 Å². The van der Waals surface area contributed by atoms with E-state index < -0.39 is 11.6 Å². The number of benzene rings is 2. The first kappa shape index (κ1) is 23.6. The van der Waals surface area contributed by atoms with Gasteiger partial charge in [0.2, 0.25) is 0 Å². The van der Waals surface area contributed by atoms with Gasteiger partial charge in [-0.05, 0) is 66.6 Å². The molecular weight excluding hydrogens is 452 g/mol. The third kappa shape index (κ3) is 5.35. The molecule has 4 rings (SSSR count). The zero-order valence-corrected chi connectivity index (χ0v) is 18.9. The van der Waals surface area contributed by atoms with Crippen LogP contribution in [0, 0.1) is 11.6 Å². The van der Waals surface area contributed by atoms with Crippen LogP contribution in [0.25, 0.3) is 11.3 Å². The van der Waals surface area contributed by atoms with Crippen LogP contribution in [-0.2, 0) is 6.42 Å². The van der Waals surface area contributed by atoms with Gasteiger partial charge in [0.25, 0.3) is 5.91 Å². The summed E-state index contributed by atoms with van der Waals surface area (Å²) in [5.41, 5.74) is 8.68. The van der Waals surface area contributed by atoms with Crippen molar-refractivity contribution < 1.29 is 18.7 Å². The molecule has 0 atom stereocenters. The fourth-order valence-electron chi connectivity index (χ4n) is 3.61. The van der Waals surface area contributed by atoms with Crippen molar-refractivity contribution in [2.24, 2.45) is 0 Å². The Morgan fingerprint density at radius 2 is 1.83 bits per heavy atom. The van der Waals surface area contributed by atoms with Gasteiger partial charge in [-0.2, -0.15) is 0 Å². The normalized spacial score (nSPS) is 10.7. The van der Waals surface area contributed by atoms with Gasteiger partial charge in [-0.25, -0.2) is 13.8 Å². The van der Waals surface area contributed by atoms with Crippen molar-refractivity contribution in [3.63, 3.8) is 0 Å². The third-order valence-electron chi connectivity index (χ3n) is 5.53. The summed E-state index contributed by atoms with van der Waals surface area (Å²) in [5.74, 6) is -1.81. The Bertz CT molecular complexity index is 1370. The first-order valence-electron chi connectivity index (χ1n) is 10.8. The molecule has 0 aliphatic heterocycles. The van der Waals surface area contributed by atoms with Crippen LogP contribution in [-0.4, -0.2) is 34.6 Å². The lowest BCUT2D eigenvalue weighted by atomic mass is 10.1. The van der Waals surface area contributed by atoms with E-state index in [1.54, 1.807) is 37.6 Å². The van der Waals surface area contributed by atoms with Crippen LogP contribution in [0.4, 0.5) is 26.0 Å². The van der Waals surface area contributed by atoms with Crippen molar-refractivity contribution in [1.82, 2.24) is 15.3 Å². The number of nitrogens with two attached hydrogens (primary N) is 1. The molecule has 2 aromatic heterocycles. The lowest BCUT2D eigenvalue weighted by Gasteiger charge is -2.21. The Morgan fingerprint density at radius 3 is 2.54 bits per heavy atom. The standard InChI is InChI=1S/C26H23F2N5O2/c1-33(23-6-2-17(27)14-21(23)28)18-3-7-24(34)20(15-18)22-5-4-19(25(29)32-22)26(35)31-13-10-16-8-11-30-12-9-16/h2-9,11-12,14-15,34H,10,13H2,1H3,(H2,29,32)(H,31,35). The third-order valence-corrected chi connectivity index (χ3v) is 5.53. The quantitative estimate of drug-likeness (QED) is 0.365. The Kier molecular flexibility index (Phi) is 6.86. The van der Waals surface area contributed by atoms with E-state index in [0.29, 0.717) is 29.9 Å². The van der Waals surface area contributed by atoms with Gasteiger partial charge in [0.1, 0.15) is 23.2 Å². The number of rotatable bonds is 7. The van der Waals surface area contributed by atoms with E-state index in [-0.39, 0.29) is 28.7 Å². The molecule has 4 aromatic rings. The van der Waals surface area contributed by atoms with Crippen molar-refractivity contribution in [2.45, 2.75) is 6.42 Å².